The van der Waals surface area contributed by atoms with Gasteiger partial charge in [0.2, 0.25) is 0 Å². The fourth-order valence-corrected chi connectivity index (χ4v) is 1.81. The highest BCUT2D eigenvalue weighted by Gasteiger charge is 2.17. The van der Waals surface area contributed by atoms with Crippen LogP contribution in [-0.4, -0.2) is 18.8 Å². The summed E-state index contributed by atoms with van der Waals surface area (Å²) < 4.78 is 5.68. The van der Waals surface area contributed by atoms with E-state index in [1.807, 2.05) is 6.92 Å². The van der Waals surface area contributed by atoms with Crippen molar-refractivity contribution < 1.29 is 4.74 Å². The van der Waals surface area contributed by atoms with Crippen LogP contribution in [0.5, 0.6) is 0 Å². The standard InChI is InChI=1S/C11H23NO/c1-9(12)8-10(2)13-7-6-11-4-3-5-11/h9-11H,3-8,12H2,1-2H3. The lowest BCUT2D eigenvalue weighted by Gasteiger charge is -2.25. The molecule has 1 aliphatic rings. The molecule has 1 aliphatic carbocycles. The zero-order valence-electron chi connectivity index (χ0n) is 8.96. The predicted octanol–water partition coefficient (Wildman–Crippen LogP) is 2.32. The van der Waals surface area contributed by atoms with Gasteiger partial charge in [-0.15, -0.1) is 0 Å². The van der Waals surface area contributed by atoms with Crippen molar-refractivity contribution >= 4 is 0 Å². The summed E-state index contributed by atoms with van der Waals surface area (Å²) in [7, 11) is 0. The Morgan fingerprint density at radius 3 is 2.54 bits per heavy atom. The molecule has 2 nitrogen and oxygen atoms in total. The summed E-state index contributed by atoms with van der Waals surface area (Å²) in [4.78, 5) is 0. The van der Waals surface area contributed by atoms with Gasteiger partial charge in [-0.2, -0.15) is 0 Å². The van der Waals surface area contributed by atoms with Crippen molar-refractivity contribution in [3.8, 4) is 0 Å². The van der Waals surface area contributed by atoms with E-state index in [0.717, 1.165) is 18.9 Å². The molecule has 0 heterocycles. The molecular formula is C11H23NO. The first kappa shape index (κ1) is 11.0. The number of hydrogen-bond acceptors (Lipinski definition) is 2. The first-order valence-electron chi connectivity index (χ1n) is 5.55. The van der Waals surface area contributed by atoms with Gasteiger partial charge in [-0.05, 0) is 32.6 Å². The number of rotatable bonds is 6. The minimum Gasteiger partial charge on any atom is -0.378 e. The lowest BCUT2D eigenvalue weighted by Crippen LogP contribution is -2.24. The topological polar surface area (TPSA) is 35.2 Å². The minimum atomic E-state index is 0.263. The van der Waals surface area contributed by atoms with Gasteiger partial charge in [-0.25, -0.2) is 0 Å². The smallest absolute Gasteiger partial charge is 0.0561 e. The summed E-state index contributed by atoms with van der Waals surface area (Å²) in [5, 5.41) is 0. The quantitative estimate of drug-likeness (QED) is 0.689. The fourth-order valence-electron chi connectivity index (χ4n) is 1.81. The first-order valence-corrected chi connectivity index (χ1v) is 5.55. The van der Waals surface area contributed by atoms with E-state index in [0.29, 0.717) is 6.10 Å². The Bertz CT molecular complexity index is 132. The first-order chi connectivity index (χ1) is 6.18. The summed E-state index contributed by atoms with van der Waals surface area (Å²) in [6.45, 7) is 5.08. The van der Waals surface area contributed by atoms with E-state index >= 15 is 0 Å². The van der Waals surface area contributed by atoms with Gasteiger partial charge in [0, 0.05) is 12.6 Å². The Balaban J connectivity index is 1.91. The normalized spacial score (nSPS) is 22.4. The minimum absolute atomic E-state index is 0.263. The molecule has 0 saturated heterocycles. The fraction of sp³-hybridized carbons (Fsp3) is 1.00. The van der Waals surface area contributed by atoms with Gasteiger partial charge in [0.25, 0.3) is 0 Å². The van der Waals surface area contributed by atoms with Crippen molar-refractivity contribution in [1.82, 2.24) is 0 Å². The second-order valence-electron chi connectivity index (χ2n) is 4.48. The Morgan fingerprint density at radius 1 is 1.38 bits per heavy atom. The largest absolute Gasteiger partial charge is 0.378 e. The van der Waals surface area contributed by atoms with Crippen LogP contribution >= 0.6 is 0 Å². The van der Waals surface area contributed by atoms with Crippen LogP contribution < -0.4 is 5.73 Å². The van der Waals surface area contributed by atoms with Gasteiger partial charge in [0.15, 0.2) is 0 Å². The van der Waals surface area contributed by atoms with Crippen LogP contribution in [-0.2, 0) is 4.74 Å². The molecule has 2 unspecified atom stereocenters. The van der Waals surface area contributed by atoms with E-state index in [9.17, 15) is 0 Å². The summed E-state index contributed by atoms with van der Waals surface area (Å²) >= 11 is 0. The van der Waals surface area contributed by atoms with Gasteiger partial charge in [-0.3, -0.25) is 0 Å². The molecule has 78 valence electrons. The second-order valence-corrected chi connectivity index (χ2v) is 4.48. The highest BCUT2D eigenvalue weighted by atomic mass is 16.5. The average Bonchev–Trinajstić information content (AvgIpc) is 1.92. The Morgan fingerprint density at radius 2 is 2.08 bits per heavy atom. The Kier molecular flexibility index (Phi) is 4.74. The lowest BCUT2D eigenvalue weighted by molar-refractivity contribution is 0.0413. The van der Waals surface area contributed by atoms with E-state index in [1.54, 1.807) is 0 Å². The molecule has 1 rings (SSSR count). The molecular weight excluding hydrogens is 162 g/mol. The zero-order valence-corrected chi connectivity index (χ0v) is 8.96. The molecule has 0 aromatic carbocycles. The lowest BCUT2D eigenvalue weighted by atomic mass is 9.83. The van der Waals surface area contributed by atoms with E-state index in [4.69, 9.17) is 10.5 Å². The van der Waals surface area contributed by atoms with Crippen LogP contribution in [0.2, 0.25) is 0 Å². The Hall–Kier alpha value is -0.0800. The molecule has 2 heteroatoms. The van der Waals surface area contributed by atoms with Crippen LogP contribution in [0.1, 0.15) is 46.0 Å². The van der Waals surface area contributed by atoms with Crippen molar-refractivity contribution in [3.05, 3.63) is 0 Å². The van der Waals surface area contributed by atoms with E-state index < -0.39 is 0 Å². The molecule has 0 spiro atoms. The number of hydrogen-bond donors (Lipinski definition) is 1. The third-order valence-electron chi connectivity index (χ3n) is 2.86. The monoisotopic (exact) mass is 185 g/mol. The molecule has 0 aliphatic heterocycles. The van der Waals surface area contributed by atoms with Gasteiger partial charge < -0.3 is 10.5 Å². The highest BCUT2D eigenvalue weighted by Crippen LogP contribution is 2.29. The molecule has 0 aromatic heterocycles. The SMILES string of the molecule is CC(N)CC(C)OCCC1CCC1. The van der Waals surface area contributed by atoms with E-state index in [-0.39, 0.29) is 6.04 Å². The van der Waals surface area contributed by atoms with Crippen molar-refractivity contribution in [2.24, 2.45) is 11.7 Å². The van der Waals surface area contributed by atoms with Gasteiger partial charge >= 0.3 is 0 Å². The van der Waals surface area contributed by atoms with E-state index in [1.165, 1.54) is 25.7 Å². The molecule has 1 saturated carbocycles. The maximum atomic E-state index is 5.68. The third kappa shape index (κ3) is 4.63. The molecule has 0 radical (unpaired) electrons. The summed E-state index contributed by atoms with van der Waals surface area (Å²) in [5.41, 5.74) is 5.68. The predicted molar refractivity (Wildman–Crippen MR) is 55.6 cm³/mol. The molecule has 13 heavy (non-hydrogen) atoms. The average molecular weight is 185 g/mol. The highest BCUT2D eigenvalue weighted by molar-refractivity contribution is 4.69. The van der Waals surface area contributed by atoms with Crippen molar-refractivity contribution in [2.75, 3.05) is 6.61 Å². The van der Waals surface area contributed by atoms with Crippen molar-refractivity contribution in [2.45, 2.75) is 58.1 Å². The Labute approximate surface area is 81.8 Å². The third-order valence-corrected chi connectivity index (χ3v) is 2.86. The van der Waals surface area contributed by atoms with E-state index in [2.05, 4.69) is 6.92 Å². The maximum absolute atomic E-state index is 5.68. The second kappa shape index (κ2) is 5.61. The summed E-state index contributed by atoms with van der Waals surface area (Å²) in [6, 6.07) is 0.263. The summed E-state index contributed by atoms with van der Waals surface area (Å²) in [6.07, 6.45) is 6.84. The summed E-state index contributed by atoms with van der Waals surface area (Å²) in [5.74, 6) is 0.961. The van der Waals surface area contributed by atoms with Crippen LogP contribution in [0.25, 0.3) is 0 Å². The van der Waals surface area contributed by atoms with Crippen LogP contribution in [0, 0.1) is 5.92 Å². The maximum Gasteiger partial charge on any atom is 0.0561 e. The zero-order chi connectivity index (χ0) is 9.68. The van der Waals surface area contributed by atoms with Crippen molar-refractivity contribution in [1.29, 1.82) is 0 Å². The number of ether oxygens (including phenoxy) is 1. The van der Waals surface area contributed by atoms with Gasteiger partial charge in [-0.1, -0.05) is 19.3 Å². The molecule has 2 atom stereocenters. The van der Waals surface area contributed by atoms with Crippen LogP contribution in [0.4, 0.5) is 0 Å². The number of nitrogens with two attached hydrogens (primary N) is 1. The molecule has 0 amide bonds. The van der Waals surface area contributed by atoms with Crippen LogP contribution in [0.3, 0.4) is 0 Å². The van der Waals surface area contributed by atoms with Gasteiger partial charge in [0.05, 0.1) is 6.10 Å². The molecule has 0 aromatic rings. The molecule has 0 bridgehead atoms. The van der Waals surface area contributed by atoms with Gasteiger partial charge in [0.1, 0.15) is 0 Å². The molecule has 1 fully saturated rings. The van der Waals surface area contributed by atoms with Crippen molar-refractivity contribution in [3.63, 3.8) is 0 Å². The molecule has 2 N–H and O–H groups in total. The van der Waals surface area contributed by atoms with Crippen LogP contribution in [0.15, 0.2) is 0 Å².